The highest BCUT2D eigenvalue weighted by Gasteiger charge is 2.36. The summed E-state index contributed by atoms with van der Waals surface area (Å²) >= 11 is 0. The summed E-state index contributed by atoms with van der Waals surface area (Å²) in [5, 5.41) is 0. The van der Waals surface area contributed by atoms with Crippen LogP contribution in [0.2, 0.25) is 0 Å². The van der Waals surface area contributed by atoms with Crippen molar-refractivity contribution in [2.24, 2.45) is 0 Å². The van der Waals surface area contributed by atoms with Crippen LogP contribution in [0, 0.1) is 0 Å². The molecule has 6 nitrogen and oxygen atoms in total. The van der Waals surface area contributed by atoms with E-state index < -0.39 is 44.9 Å². The van der Waals surface area contributed by atoms with Gasteiger partial charge in [-0.2, -0.15) is 17.5 Å². The lowest BCUT2D eigenvalue weighted by Gasteiger charge is -2.34. The monoisotopic (exact) mass is 588 g/mol. The Morgan fingerprint density at radius 2 is 1.40 bits per heavy atom. The summed E-state index contributed by atoms with van der Waals surface area (Å²) in [5.41, 5.74) is 0.239. The van der Waals surface area contributed by atoms with Gasteiger partial charge in [0.2, 0.25) is 10.0 Å². The number of sulfonamides is 1. The fourth-order valence-corrected chi connectivity index (χ4v) is 5.93. The van der Waals surface area contributed by atoms with Gasteiger partial charge in [0.25, 0.3) is 0 Å². The Labute approximate surface area is 227 Å². The zero-order valence-electron chi connectivity index (χ0n) is 21.0. The number of halogens is 6. The maximum atomic E-state index is 13.3. The molecule has 1 heterocycles. The highest BCUT2D eigenvalue weighted by atomic mass is 32.2. The molecule has 40 heavy (non-hydrogen) atoms. The lowest BCUT2D eigenvalue weighted by molar-refractivity contribution is -0.275. The van der Waals surface area contributed by atoms with E-state index in [2.05, 4.69) is 4.74 Å². The van der Waals surface area contributed by atoms with Gasteiger partial charge in [-0.1, -0.05) is 54.6 Å². The second kappa shape index (κ2) is 12.2. The van der Waals surface area contributed by atoms with E-state index in [1.165, 1.54) is 18.2 Å². The molecule has 0 unspecified atom stereocenters. The molecule has 0 spiro atoms. The molecule has 0 aromatic heterocycles. The van der Waals surface area contributed by atoms with Crippen molar-refractivity contribution in [3.05, 3.63) is 95.6 Å². The summed E-state index contributed by atoms with van der Waals surface area (Å²) in [4.78, 5) is 1.34. The van der Waals surface area contributed by atoms with Crippen LogP contribution in [0.3, 0.4) is 0 Å². The Morgan fingerprint density at radius 1 is 0.775 bits per heavy atom. The molecule has 1 saturated heterocycles. The van der Waals surface area contributed by atoms with Crippen molar-refractivity contribution in [3.63, 3.8) is 0 Å². The normalized spacial score (nSPS) is 16.6. The number of benzene rings is 3. The van der Waals surface area contributed by atoms with E-state index >= 15 is 0 Å². The molecule has 3 aromatic carbocycles. The molecule has 0 aliphatic carbocycles. The highest BCUT2D eigenvalue weighted by molar-refractivity contribution is 7.89. The van der Waals surface area contributed by atoms with Gasteiger partial charge in [-0.15, -0.1) is 13.2 Å². The fourth-order valence-electron chi connectivity index (χ4n) is 4.40. The van der Waals surface area contributed by atoms with Crippen LogP contribution in [0.5, 0.6) is 5.75 Å². The Bertz CT molecular complexity index is 1380. The topological polar surface area (TPSA) is 59.1 Å². The third kappa shape index (κ3) is 7.53. The zero-order chi connectivity index (χ0) is 29.0. The van der Waals surface area contributed by atoms with Gasteiger partial charge in [-0.05, 0) is 35.4 Å². The van der Waals surface area contributed by atoms with E-state index in [9.17, 15) is 34.8 Å². The van der Waals surface area contributed by atoms with Crippen molar-refractivity contribution in [2.75, 3.05) is 39.3 Å². The number of alkyl halides is 6. The first-order chi connectivity index (χ1) is 18.8. The molecule has 4 rings (SSSR count). The predicted octanol–water partition coefficient (Wildman–Crippen LogP) is 5.72. The van der Waals surface area contributed by atoms with Gasteiger partial charge in [0.15, 0.2) is 0 Å². The number of hydrogen-bond donors (Lipinski definition) is 0. The van der Waals surface area contributed by atoms with Crippen molar-refractivity contribution in [1.29, 1.82) is 0 Å². The van der Waals surface area contributed by atoms with Crippen LogP contribution in [-0.4, -0.2) is 63.3 Å². The first kappa shape index (κ1) is 29.8. The molecule has 13 heteroatoms. The smallest absolute Gasteiger partial charge is 0.404 e. The molecular weight excluding hydrogens is 562 g/mol. The fraction of sp³-hybridized carbons (Fsp3) is 0.333. The zero-order valence-corrected chi connectivity index (χ0v) is 21.8. The molecule has 0 amide bonds. The van der Waals surface area contributed by atoms with E-state index in [1.54, 1.807) is 36.4 Å². The maximum Gasteiger partial charge on any atom is 0.573 e. The minimum absolute atomic E-state index is 0.0262. The third-order valence-electron chi connectivity index (χ3n) is 6.33. The van der Waals surface area contributed by atoms with E-state index in [1.807, 2.05) is 4.90 Å². The van der Waals surface area contributed by atoms with Crippen molar-refractivity contribution in [3.8, 4) is 5.75 Å². The van der Waals surface area contributed by atoms with Crippen LogP contribution in [-0.2, 0) is 20.9 Å². The first-order valence-corrected chi connectivity index (χ1v) is 13.7. The molecule has 0 saturated carbocycles. The van der Waals surface area contributed by atoms with E-state index in [0.29, 0.717) is 17.7 Å². The third-order valence-corrected chi connectivity index (χ3v) is 8.27. The Hall–Kier alpha value is -3.13. The molecule has 0 radical (unpaired) electrons. The molecule has 0 bridgehead atoms. The summed E-state index contributed by atoms with van der Waals surface area (Å²) in [6, 6.07) is 18.3. The minimum Gasteiger partial charge on any atom is -0.404 e. The molecule has 0 N–H and O–H groups in total. The summed E-state index contributed by atoms with van der Waals surface area (Å²) in [6.07, 6.45) is -10.3. The van der Waals surface area contributed by atoms with Crippen molar-refractivity contribution < 1.29 is 44.2 Å². The molecule has 1 aliphatic heterocycles. The highest BCUT2D eigenvalue weighted by Crippen LogP contribution is 2.34. The van der Waals surface area contributed by atoms with Crippen LogP contribution in [0.25, 0.3) is 0 Å². The van der Waals surface area contributed by atoms with Gasteiger partial charge in [0, 0.05) is 32.7 Å². The quantitative estimate of drug-likeness (QED) is 0.300. The number of piperazine rings is 1. The van der Waals surface area contributed by atoms with Gasteiger partial charge in [0.1, 0.15) is 16.7 Å². The number of rotatable bonds is 9. The summed E-state index contributed by atoms with van der Waals surface area (Å²) in [5.74, 6) is -0.799. The van der Waals surface area contributed by atoms with Crippen molar-refractivity contribution >= 4 is 10.0 Å². The largest absolute Gasteiger partial charge is 0.573 e. The SMILES string of the molecule is O=S(=O)(c1ccccc1OC(F)(F)F)N1CCN(CCO[C@@H](c2ccccc2)c2cccc(C(F)(F)F)c2)CC1. The number of hydrogen-bond acceptors (Lipinski definition) is 5. The molecule has 1 atom stereocenters. The second-order valence-electron chi connectivity index (χ2n) is 9.03. The van der Waals surface area contributed by atoms with Crippen LogP contribution in [0.15, 0.2) is 83.8 Å². The van der Waals surface area contributed by atoms with E-state index in [0.717, 1.165) is 28.6 Å². The van der Waals surface area contributed by atoms with Crippen LogP contribution >= 0.6 is 0 Å². The maximum absolute atomic E-state index is 13.3. The Morgan fingerprint density at radius 3 is 2.05 bits per heavy atom. The van der Waals surface area contributed by atoms with Crippen LogP contribution in [0.4, 0.5) is 26.3 Å². The number of nitrogens with zero attached hydrogens (tertiary/aromatic N) is 2. The molecule has 216 valence electrons. The van der Waals surface area contributed by atoms with Crippen LogP contribution in [0.1, 0.15) is 22.8 Å². The minimum atomic E-state index is -5.05. The van der Waals surface area contributed by atoms with Gasteiger partial charge >= 0.3 is 12.5 Å². The Balaban J connectivity index is 1.39. The molecule has 1 fully saturated rings. The van der Waals surface area contributed by atoms with Gasteiger partial charge in [-0.3, -0.25) is 4.90 Å². The van der Waals surface area contributed by atoms with Gasteiger partial charge < -0.3 is 9.47 Å². The predicted molar refractivity (Wildman–Crippen MR) is 134 cm³/mol. The van der Waals surface area contributed by atoms with E-state index in [-0.39, 0.29) is 32.8 Å². The molecule has 3 aromatic rings. The summed E-state index contributed by atoms with van der Waals surface area (Å²) in [7, 11) is -4.25. The van der Waals surface area contributed by atoms with Gasteiger partial charge in [-0.25, -0.2) is 8.42 Å². The lowest BCUT2D eigenvalue weighted by Crippen LogP contribution is -2.49. The van der Waals surface area contributed by atoms with Gasteiger partial charge in [0.05, 0.1) is 12.2 Å². The number of ether oxygens (including phenoxy) is 2. The van der Waals surface area contributed by atoms with Crippen molar-refractivity contribution in [2.45, 2.75) is 23.5 Å². The van der Waals surface area contributed by atoms with E-state index in [4.69, 9.17) is 4.74 Å². The number of para-hydroxylation sites is 1. The second-order valence-corrected chi connectivity index (χ2v) is 10.9. The summed E-state index contributed by atoms with van der Waals surface area (Å²) < 4.78 is 115. The Kier molecular flexibility index (Phi) is 9.08. The average molecular weight is 589 g/mol. The molecular formula is C27H26F6N2O4S. The average Bonchev–Trinajstić information content (AvgIpc) is 2.91. The first-order valence-electron chi connectivity index (χ1n) is 12.3. The van der Waals surface area contributed by atoms with Crippen molar-refractivity contribution in [1.82, 2.24) is 9.21 Å². The summed E-state index contributed by atoms with van der Waals surface area (Å²) in [6.45, 7) is 1.13. The standard InChI is InChI=1S/C27H26F6N2O4S/c28-26(29,30)22-10-6-9-21(19-22)25(20-7-2-1-3-8-20)38-18-17-34-13-15-35(16-14-34)40(36,37)24-12-5-4-11-23(24)39-27(31,32)33/h1-12,19,25H,13-18H2/t25-/m0/s1. The molecule has 1 aliphatic rings. The lowest BCUT2D eigenvalue weighted by atomic mass is 9.99. The van der Waals surface area contributed by atoms with Crippen LogP contribution < -0.4 is 4.74 Å².